The molecule has 1 atom stereocenters. The first-order valence-electron chi connectivity index (χ1n) is 7.28. The third-order valence-corrected chi connectivity index (χ3v) is 3.55. The van der Waals surface area contributed by atoms with Gasteiger partial charge in [0.25, 0.3) is 0 Å². The zero-order valence-corrected chi connectivity index (χ0v) is 13.2. The zero-order valence-electron chi connectivity index (χ0n) is 13.2. The van der Waals surface area contributed by atoms with Crippen LogP contribution in [-0.2, 0) is 4.79 Å². The Morgan fingerprint density at radius 3 is 2.26 bits per heavy atom. The molecule has 0 aliphatic carbocycles. The number of rotatable bonds is 8. The molecule has 5 heteroatoms. The Balaban J connectivity index is 2.01. The maximum absolute atomic E-state index is 11.6. The number of carbonyl (C=O) groups is 1. The molecule has 2 rings (SSSR count). The molecule has 2 aromatic rings. The van der Waals surface area contributed by atoms with Gasteiger partial charge in [-0.1, -0.05) is 18.2 Å². The summed E-state index contributed by atoms with van der Waals surface area (Å²) in [5.74, 6) is 0.423. The molecule has 122 valence electrons. The average molecular weight is 316 g/mol. The van der Waals surface area contributed by atoms with Crippen LogP contribution in [0.5, 0.6) is 17.2 Å². The van der Waals surface area contributed by atoms with Gasteiger partial charge < -0.3 is 19.3 Å². The van der Waals surface area contributed by atoms with Crippen molar-refractivity contribution in [3.05, 3.63) is 54.1 Å². The van der Waals surface area contributed by atoms with Crippen molar-refractivity contribution >= 4 is 5.97 Å². The Morgan fingerprint density at radius 2 is 1.65 bits per heavy atom. The molecule has 0 amide bonds. The van der Waals surface area contributed by atoms with Crippen molar-refractivity contribution in [1.82, 2.24) is 0 Å². The number of aliphatic carboxylic acids is 1. The van der Waals surface area contributed by atoms with Gasteiger partial charge in [0.2, 0.25) is 0 Å². The van der Waals surface area contributed by atoms with Crippen LogP contribution in [0.15, 0.2) is 48.5 Å². The monoisotopic (exact) mass is 316 g/mol. The van der Waals surface area contributed by atoms with Crippen molar-refractivity contribution in [2.75, 3.05) is 20.8 Å². The molecule has 5 nitrogen and oxygen atoms in total. The predicted octanol–water partition coefficient (Wildman–Crippen LogP) is 3.34. The number of carboxylic acids is 1. The van der Waals surface area contributed by atoms with E-state index in [0.717, 1.165) is 5.75 Å². The number of para-hydroxylation sites is 1. The smallest absolute Gasteiger partial charge is 0.311 e. The standard InChI is InChI=1S/C18H20O5/c1-21-13-7-9-14(10-8-13)23-12-11-16(18(19)20)15-5-3-4-6-17(15)22-2/h3-10,16H,11-12H2,1-2H3,(H,19,20). The number of benzene rings is 2. The molecule has 0 spiro atoms. The third-order valence-electron chi connectivity index (χ3n) is 3.55. The number of hydrogen-bond acceptors (Lipinski definition) is 4. The molecule has 0 aliphatic rings. The van der Waals surface area contributed by atoms with Gasteiger partial charge >= 0.3 is 5.97 Å². The van der Waals surface area contributed by atoms with E-state index in [1.165, 1.54) is 7.11 Å². The Bertz CT molecular complexity index is 636. The normalized spacial score (nSPS) is 11.6. The largest absolute Gasteiger partial charge is 0.497 e. The first kappa shape index (κ1) is 16.7. The molecule has 1 N–H and O–H groups in total. The van der Waals surface area contributed by atoms with E-state index in [9.17, 15) is 9.90 Å². The fraction of sp³-hybridized carbons (Fsp3) is 0.278. The lowest BCUT2D eigenvalue weighted by Crippen LogP contribution is -2.16. The highest BCUT2D eigenvalue weighted by molar-refractivity contribution is 5.77. The van der Waals surface area contributed by atoms with Crippen molar-refractivity contribution in [2.45, 2.75) is 12.3 Å². The Morgan fingerprint density at radius 1 is 1.00 bits per heavy atom. The van der Waals surface area contributed by atoms with E-state index >= 15 is 0 Å². The van der Waals surface area contributed by atoms with Gasteiger partial charge in [-0.05, 0) is 36.8 Å². The first-order valence-corrected chi connectivity index (χ1v) is 7.28. The van der Waals surface area contributed by atoms with Gasteiger partial charge in [-0.25, -0.2) is 0 Å². The molecule has 23 heavy (non-hydrogen) atoms. The molecule has 0 saturated heterocycles. The minimum atomic E-state index is -0.896. The summed E-state index contributed by atoms with van der Waals surface area (Å²) in [6.45, 7) is 0.293. The lowest BCUT2D eigenvalue weighted by atomic mass is 9.95. The Hall–Kier alpha value is -2.69. The van der Waals surface area contributed by atoms with Crippen LogP contribution < -0.4 is 14.2 Å². The van der Waals surface area contributed by atoms with Crippen LogP contribution in [0.4, 0.5) is 0 Å². The minimum Gasteiger partial charge on any atom is -0.497 e. The van der Waals surface area contributed by atoms with Crippen LogP contribution in [0.25, 0.3) is 0 Å². The minimum absolute atomic E-state index is 0.293. The summed E-state index contributed by atoms with van der Waals surface area (Å²) in [6, 6.07) is 14.3. The highest BCUT2D eigenvalue weighted by Crippen LogP contribution is 2.29. The van der Waals surface area contributed by atoms with Gasteiger partial charge in [0.1, 0.15) is 17.2 Å². The summed E-state index contributed by atoms with van der Waals surface area (Å²) in [6.07, 6.45) is 0.349. The Labute approximate surface area is 135 Å². The SMILES string of the molecule is COc1ccc(OCCC(C(=O)O)c2ccccc2OC)cc1. The van der Waals surface area contributed by atoms with Crippen LogP contribution in [0.3, 0.4) is 0 Å². The van der Waals surface area contributed by atoms with Gasteiger partial charge in [-0.2, -0.15) is 0 Å². The second-order valence-electron chi connectivity index (χ2n) is 4.95. The lowest BCUT2D eigenvalue weighted by Gasteiger charge is -2.16. The number of carboxylic acid groups (broad SMARTS) is 1. The topological polar surface area (TPSA) is 65.0 Å². The van der Waals surface area contributed by atoms with Crippen LogP contribution in [-0.4, -0.2) is 31.9 Å². The van der Waals surface area contributed by atoms with Crippen molar-refractivity contribution in [3.63, 3.8) is 0 Å². The molecule has 0 bridgehead atoms. The molecular formula is C18H20O5. The summed E-state index contributed by atoms with van der Waals surface area (Å²) in [5, 5.41) is 9.48. The maximum atomic E-state index is 11.6. The second kappa shape index (κ2) is 8.08. The van der Waals surface area contributed by atoms with E-state index < -0.39 is 11.9 Å². The molecule has 0 saturated carbocycles. The van der Waals surface area contributed by atoms with Gasteiger partial charge in [-0.15, -0.1) is 0 Å². The van der Waals surface area contributed by atoms with Crippen molar-refractivity contribution in [2.24, 2.45) is 0 Å². The number of methoxy groups -OCH3 is 2. The van der Waals surface area contributed by atoms with Crippen molar-refractivity contribution in [3.8, 4) is 17.2 Å². The van der Waals surface area contributed by atoms with E-state index in [0.29, 0.717) is 30.1 Å². The molecule has 0 radical (unpaired) electrons. The first-order chi connectivity index (χ1) is 11.2. The zero-order chi connectivity index (χ0) is 16.7. The van der Waals surface area contributed by atoms with E-state index in [1.807, 2.05) is 6.07 Å². The Kier molecular flexibility index (Phi) is 5.86. The summed E-state index contributed by atoms with van der Waals surface area (Å²) >= 11 is 0. The lowest BCUT2D eigenvalue weighted by molar-refractivity contribution is -0.139. The molecule has 2 aromatic carbocycles. The van der Waals surface area contributed by atoms with Crippen molar-refractivity contribution in [1.29, 1.82) is 0 Å². The summed E-state index contributed by atoms with van der Waals surface area (Å²) in [4.78, 5) is 11.6. The van der Waals surface area contributed by atoms with Gasteiger partial charge in [0.05, 0.1) is 26.7 Å². The van der Waals surface area contributed by atoms with Crippen LogP contribution in [0, 0.1) is 0 Å². The average Bonchev–Trinajstić information content (AvgIpc) is 2.59. The molecule has 0 heterocycles. The number of hydrogen-bond donors (Lipinski definition) is 1. The molecule has 0 fully saturated rings. The fourth-order valence-electron chi connectivity index (χ4n) is 2.33. The maximum Gasteiger partial charge on any atom is 0.311 e. The molecule has 1 unspecified atom stereocenters. The predicted molar refractivity (Wildman–Crippen MR) is 86.5 cm³/mol. The number of ether oxygens (including phenoxy) is 3. The summed E-state index contributed by atoms with van der Waals surface area (Å²) in [7, 11) is 3.13. The van der Waals surface area contributed by atoms with Crippen LogP contribution >= 0.6 is 0 Å². The van der Waals surface area contributed by atoms with Gasteiger partial charge in [0.15, 0.2) is 0 Å². The summed E-state index contributed by atoms with van der Waals surface area (Å²) < 4.78 is 15.9. The van der Waals surface area contributed by atoms with Gasteiger partial charge in [-0.3, -0.25) is 4.79 Å². The van der Waals surface area contributed by atoms with Crippen LogP contribution in [0.2, 0.25) is 0 Å². The summed E-state index contributed by atoms with van der Waals surface area (Å²) in [5.41, 5.74) is 0.654. The van der Waals surface area contributed by atoms with E-state index in [4.69, 9.17) is 14.2 Å². The van der Waals surface area contributed by atoms with Gasteiger partial charge in [0, 0.05) is 5.56 Å². The third kappa shape index (κ3) is 4.39. The quantitative estimate of drug-likeness (QED) is 0.809. The second-order valence-corrected chi connectivity index (χ2v) is 4.95. The van der Waals surface area contributed by atoms with Crippen LogP contribution in [0.1, 0.15) is 17.9 Å². The van der Waals surface area contributed by atoms with E-state index in [2.05, 4.69) is 0 Å². The highest BCUT2D eigenvalue weighted by atomic mass is 16.5. The highest BCUT2D eigenvalue weighted by Gasteiger charge is 2.23. The van der Waals surface area contributed by atoms with E-state index in [-0.39, 0.29) is 0 Å². The van der Waals surface area contributed by atoms with Crippen molar-refractivity contribution < 1.29 is 24.1 Å². The molecule has 0 aliphatic heterocycles. The van der Waals surface area contributed by atoms with E-state index in [1.54, 1.807) is 49.6 Å². The fourth-order valence-corrected chi connectivity index (χ4v) is 2.33. The molecular weight excluding hydrogens is 296 g/mol. The molecule has 0 aromatic heterocycles.